The van der Waals surface area contributed by atoms with Crippen molar-refractivity contribution in [2.75, 3.05) is 6.61 Å². The van der Waals surface area contributed by atoms with Crippen molar-refractivity contribution in [3.05, 3.63) is 22.3 Å². The third-order valence-corrected chi connectivity index (χ3v) is 1.90. The van der Waals surface area contributed by atoms with Gasteiger partial charge in [0.1, 0.15) is 6.07 Å². The first-order valence-corrected chi connectivity index (χ1v) is 4.25. The van der Waals surface area contributed by atoms with Gasteiger partial charge < -0.3 is 4.74 Å². The lowest BCUT2D eigenvalue weighted by atomic mass is 10.3. The second-order valence-electron chi connectivity index (χ2n) is 2.05. The predicted molar refractivity (Wildman–Crippen MR) is 47.8 cm³/mol. The molecule has 1 aromatic rings. The van der Waals surface area contributed by atoms with Crippen LogP contribution in [0, 0.1) is 11.3 Å². The molecule has 0 saturated heterocycles. The molecule has 0 aromatic carbocycles. The average molecular weight is 227 g/mol. The minimum absolute atomic E-state index is 0.512. The van der Waals surface area contributed by atoms with E-state index in [2.05, 4.69) is 20.9 Å². The van der Waals surface area contributed by atoms with Gasteiger partial charge in [0.05, 0.1) is 12.2 Å². The van der Waals surface area contributed by atoms with Crippen LogP contribution in [-0.4, -0.2) is 11.6 Å². The van der Waals surface area contributed by atoms with Crippen LogP contribution in [0.1, 0.15) is 12.5 Å². The molecule has 0 saturated carbocycles. The minimum atomic E-state index is 0.512. The number of aromatic nitrogens is 1. The van der Waals surface area contributed by atoms with Crippen LogP contribution in [0.2, 0.25) is 0 Å². The molecule has 12 heavy (non-hydrogen) atoms. The van der Waals surface area contributed by atoms with Gasteiger partial charge in [-0.1, -0.05) is 0 Å². The molecule has 0 aliphatic carbocycles. The number of hydrogen-bond acceptors (Lipinski definition) is 3. The van der Waals surface area contributed by atoms with Crippen molar-refractivity contribution >= 4 is 15.9 Å². The van der Waals surface area contributed by atoms with Crippen LogP contribution in [0.3, 0.4) is 0 Å². The van der Waals surface area contributed by atoms with Crippen molar-refractivity contribution < 1.29 is 4.74 Å². The standard InChI is InChI=1S/C8H7BrN2O/c1-2-12-8-3-7(9)6(4-10)5-11-8/h3,5H,2H2,1H3. The molecule has 1 aromatic heterocycles. The number of pyridine rings is 1. The van der Waals surface area contributed by atoms with Crippen LogP contribution in [0.5, 0.6) is 5.88 Å². The summed E-state index contributed by atoms with van der Waals surface area (Å²) in [6, 6.07) is 3.68. The van der Waals surface area contributed by atoms with E-state index in [4.69, 9.17) is 10.00 Å². The Kier molecular flexibility index (Phi) is 3.06. The molecule has 4 heteroatoms. The fourth-order valence-electron chi connectivity index (χ4n) is 0.722. The van der Waals surface area contributed by atoms with Gasteiger partial charge in [-0.05, 0) is 22.9 Å². The molecule has 1 rings (SSSR count). The highest BCUT2D eigenvalue weighted by Gasteiger charge is 2.01. The SMILES string of the molecule is CCOc1cc(Br)c(C#N)cn1. The van der Waals surface area contributed by atoms with Gasteiger partial charge in [-0.3, -0.25) is 0 Å². The maximum absolute atomic E-state index is 8.58. The predicted octanol–water partition coefficient (Wildman–Crippen LogP) is 2.11. The molecule has 0 fully saturated rings. The lowest BCUT2D eigenvalue weighted by molar-refractivity contribution is 0.326. The fourth-order valence-corrected chi connectivity index (χ4v) is 1.11. The Hall–Kier alpha value is -1.08. The lowest BCUT2D eigenvalue weighted by Gasteiger charge is -2.01. The van der Waals surface area contributed by atoms with Gasteiger partial charge in [0, 0.05) is 16.7 Å². The Labute approximate surface area is 79.1 Å². The van der Waals surface area contributed by atoms with Gasteiger partial charge in [0.15, 0.2) is 0 Å². The number of rotatable bonds is 2. The summed E-state index contributed by atoms with van der Waals surface area (Å²) < 4.78 is 5.85. The first-order valence-electron chi connectivity index (χ1n) is 3.46. The van der Waals surface area contributed by atoms with E-state index in [-0.39, 0.29) is 0 Å². The van der Waals surface area contributed by atoms with E-state index >= 15 is 0 Å². The van der Waals surface area contributed by atoms with Crippen LogP contribution >= 0.6 is 15.9 Å². The first kappa shape index (κ1) is 9.01. The molecule has 3 nitrogen and oxygen atoms in total. The van der Waals surface area contributed by atoms with Crippen LogP contribution in [0.15, 0.2) is 16.7 Å². The smallest absolute Gasteiger partial charge is 0.214 e. The Bertz CT molecular complexity index is 319. The van der Waals surface area contributed by atoms with E-state index in [0.717, 1.165) is 0 Å². The number of hydrogen-bond donors (Lipinski definition) is 0. The van der Waals surface area contributed by atoms with Gasteiger partial charge >= 0.3 is 0 Å². The van der Waals surface area contributed by atoms with Crippen molar-refractivity contribution in [3.63, 3.8) is 0 Å². The van der Waals surface area contributed by atoms with E-state index in [9.17, 15) is 0 Å². The van der Waals surface area contributed by atoms with Crippen LogP contribution in [0.4, 0.5) is 0 Å². The monoisotopic (exact) mass is 226 g/mol. The van der Waals surface area contributed by atoms with Crippen molar-refractivity contribution in [2.45, 2.75) is 6.92 Å². The maximum Gasteiger partial charge on any atom is 0.214 e. The third kappa shape index (κ3) is 1.95. The van der Waals surface area contributed by atoms with E-state index in [1.165, 1.54) is 6.20 Å². The summed E-state index contributed by atoms with van der Waals surface area (Å²) in [5, 5.41) is 8.58. The largest absolute Gasteiger partial charge is 0.478 e. The number of nitrogens with zero attached hydrogens (tertiary/aromatic N) is 2. The van der Waals surface area contributed by atoms with Gasteiger partial charge in [0.2, 0.25) is 5.88 Å². The highest BCUT2D eigenvalue weighted by molar-refractivity contribution is 9.10. The molecular formula is C8H7BrN2O. The summed E-state index contributed by atoms with van der Waals surface area (Å²) >= 11 is 3.23. The van der Waals surface area contributed by atoms with Crippen molar-refractivity contribution in [2.24, 2.45) is 0 Å². The van der Waals surface area contributed by atoms with E-state index in [0.29, 0.717) is 22.5 Å². The molecule has 1 heterocycles. The molecule has 0 amide bonds. The number of halogens is 1. The Morgan fingerprint density at radius 1 is 1.75 bits per heavy atom. The second-order valence-corrected chi connectivity index (χ2v) is 2.90. The normalized spacial score (nSPS) is 9.08. The highest BCUT2D eigenvalue weighted by Crippen LogP contribution is 2.19. The van der Waals surface area contributed by atoms with E-state index < -0.39 is 0 Å². The molecule has 0 N–H and O–H groups in total. The Morgan fingerprint density at radius 3 is 3.00 bits per heavy atom. The molecule has 0 radical (unpaired) electrons. The lowest BCUT2D eigenvalue weighted by Crippen LogP contribution is -1.94. The minimum Gasteiger partial charge on any atom is -0.478 e. The van der Waals surface area contributed by atoms with Crippen molar-refractivity contribution in [1.82, 2.24) is 4.98 Å². The van der Waals surface area contributed by atoms with Crippen LogP contribution in [-0.2, 0) is 0 Å². The van der Waals surface area contributed by atoms with Crippen molar-refractivity contribution in [1.29, 1.82) is 5.26 Å². The van der Waals surface area contributed by atoms with E-state index in [1.54, 1.807) is 6.07 Å². The molecular weight excluding hydrogens is 220 g/mol. The third-order valence-electron chi connectivity index (χ3n) is 1.24. The van der Waals surface area contributed by atoms with Crippen LogP contribution < -0.4 is 4.74 Å². The molecule has 0 spiro atoms. The average Bonchev–Trinajstić information content (AvgIpc) is 2.05. The maximum atomic E-state index is 8.58. The topological polar surface area (TPSA) is 45.9 Å². The Morgan fingerprint density at radius 2 is 2.50 bits per heavy atom. The summed E-state index contributed by atoms with van der Waals surface area (Å²) in [7, 11) is 0. The zero-order valence-electron chi connectivity index (χ0n) is 6.54. The summed E-state index contributed by atoms with van der Waals surface area (Å²) in [5.41, 5.74) is 0.512. The number of nitriles is 1. The zero-order chi connectivity index (χ0) is 8.97. The zero-order valence-corrected chi connectivity index (χ0v) is 8.13. The van der Waals surface area contributed by atoms with Gasteiger partial charge in [-0.25, -0.2) is 4.98 Å². The van der Waals surface area contributed by atoms with Crippen molar-refractivity contribution in [3.8, 4) is 11.9 Å². The van der Waals surface area contributed by atoms with Gasteiger partial charge in [0.25, 0.3) is 0 Å². The summed E-state index contributed by atoms with van der Waals surface area (Å²) in [6.45, 7) is 2.46. The van der Waals surface area contributed by atoms with Gasteiger partial charge in [-0.2, -0.15) is 5.26 Å². The fraction of sp³-hybridized carbons (Fsp3) is 0.250. The second kappa shape index (κ2) is 4.07. The summed E-state index contributed by atoms with van der Waals surface area (Å²) in [4.78, 5) is 3.93. The highest BCUT2D eigenvalue weighted by atomic mass is 79.9. The first-order chi connectivity index (χ1) is 5.77. The molecule has 0 bridgehead atoms. The molecule has 0 aliphatic rings. The van der Waals surface area contributed by atoms with Gasteiger partial charge in [-0.15, -0.1) is 0 Å². The molecule has 0 unspecified atom stereocenters. The molecule has 0 aliphatic heterocycles. The summed E-state index contributed by atoms with van der Waals surface area (Å²) in [5.74, 6) is 0.531. The van der Waals surface area contributed by atoms with Crippen LogP contribution in [0.25, 0.3) is 0 Å². The molecule has 0 atom stereocenters. The Balaban J connectivity index is 2.96. The quantitative estimate of drug-likeness (QED) is 0.777. The summed E-state index contributed by atoms with van der Waals surface area (Å²) in [6.07, 6.45) is 1.48. The number of ether oxygens (including phenoxy) is 1. The van der Waals surface area contributed by atoms with E-state index in [1.807, 2.05) is 13.0 Å². The molecule has 62 valence electrons.